The summed E-state index contributed by atoms with van der Waals surface area (Å²) in [6.45, 7) is -0.882. The molecule has 0 fully saturated rings. The molecule has 0 aliphatic carbocycles. The smallest absolute Gasteiger partial charge is 0.326 e. The van der Waals surface area contributed by atoms with E-state index in [2.05, 4.69) is 10.0 Å². The molecule has 0 heterocycles. The first-order chi connectivity index (χ1) is 15.0. The van der Waals surface area contributed by atoms with Crippen LogP contribution in [-0.4, -0.2) is 33.4 Å². The number of esters is 1. The fourth-order valence-electron chi connectivity index (χ4n) is 2.83. The van der Waals surface area contributed by atoms with Gasteiger partial charge in [0.15, 0.2) is 6.10 Å². The van der Waals surface area contributed by atoms with E-state index in [9.17, 15) is 18.0 Å². The van der Waals surface area contributed by atoms with Gasteiger partial charge in [-0.1, -0.05) is 78.9 Å². The van der Waals surface area contributed by atoms with Gasteiger partial charge in [0.1, 0.15) is 6.54 Å². The largest absolute Gasteiger partial charge is 0.451 e. The fourth-order valence-corrected chi connectivity index (χ4v) is 3.84. The highest BCUT2D eigenvalue weighted by Crippen LogP contribution is 2.25. The van der Waals surface area contributed by atoms with E-state index in [1.807, 2.05) is 60.7 Å². The highest BCUT2D eigenvalue weighted by atomic mass is 32.2. The van der Waals surface area contributed by atoms with Crippen molar-refractivity contribution in [2.24, 2.45) is 0 Å². The molecule has 0 spiro atoms. The van der Waals surface area contributed by atoms with Crippen molar-refractivity contribution in [3.63, 3.8) is 0 Å². The number of ether oxygens (including phenoxy) is 1. The first-order valence-electron chi connectivity index (χ1n) is 9.56. The minimum atomic E-state index is -3.81. The van der Waals surface area contributed by atoms with Gasteiger partial charge in [0.05, 0.1) is 11.4 Å². The molecule has 1 amide bonds. The molecule has 0 saturated carbocycles. The van der Waals surface area contributed by atoms with Crippen molar-refractivity contribution in [2.75, 3.05) is 13.1 Å². The van der Waals surface area contributed by atoms with Gasteiger partial charge in [-0.05, 0) is 23.3 Å². The van der Waals surface area contributed by atoms with Crippen LogP contribution in [0.4, 0.5) is 0 Å². The lowest BCUT2D eigenvalue weighted by atomic mass is 10.0. The summed E-state index contributed by atoms with van der Waals surface area (Å²) in [7, 11) is -3.81. The highest BCUT2D eigenvalue weighted by Gasteiger charge is 2.20. The van der Waals surface area contributed by atoms with E-state index >= 15 is 0 Å². The van der Waals surface area contributed by atoms with Crippen LogP contribution in [-0.2, 0) is 24.3 Å². The normalized spacial score (nSPS) is 11.1. The molecule has 7 nitrogen and oxygen atoms in total. The van der Waals surface area contributed by atoms with E-state index in [0.29, 0.717) is 0 Å². The summed E-state index contributed by atoms with van der Waals surface area (Å²) in [5.41, 5.74) is 1.59. The van der Waals surface area contributed by atoms with Gasteiger partial charge in [-0.3, -0.25) is 9.59 Å². The summed E-state index contributed by atoms with van der Waals surface area (Å²) in [5.74, 6) is -1.29. The number of benzene rings is 3. The molecule has 3 aromatic carbocycles. The zero-order valence-electron chi connectivity index (χ0n) is 16.6. The zero-order valence-corrected chi connectivity index (χ0v) is 17.4. The Morgan fingerprint density at radius 3 is 1.74 bits per heavy atom. The predicted molar refractivity (Wildman–Crippen MR) is 115 cm³/mol. The second-order valence-electron chi connectivity index (χ2n) is 6.61. The zero-order chi connectivity index (χ0) is 22.1. The van der Waals surface area contributed by atoms with Crippen molar-refractivity contribution >= 4 is 21.9 Å². The van der Waals surface area contributed by atoms with Crippen molar-refractivity contribution in [1.82, 2.24) is 10.0 Å². The molecule has 0 radical (unpaired) electrons. The number of carbonyl (C=O) groups excluding carboxylic acids is 2. The lowest BCUT2D eigenvalue weighted by molar-refractivity contribution is -0.147. The van der Waals surface area contributed by atoms with Crippen molar-refractivity contribution in [2.45, 2.75) is 11.0 Å². The standard InChI is InChI=1S/C23H22N2O5S/c26-21(16-25-31(28,29)20-14-8-3-9-15-20)24-17-22(27)30-23(18-10-4-1-5-11-18)19-12-6-2-7-13-19/h1-15,23,25H,16-17H2,(H,24,26). The summed E-state index contributed by atoms with van der Waals surface area (Å²) < 4.78 is 32.1. The predicted octanol–water partition coefficient (Wildman–Crippen LogP) is 2.41. The number of carbonyl (C=O) groups is 2. The van der Waals surface area contributed by atoms with Crippen LogP contribution < -0.4 is 10.0 Å². The van der Waals surface area contributed by atoms with Crippen LogP contribution in [0.15, 0.2) is 95.9 Å². The van der Waals surface area contributed by atoms with E-state index in [-0.39, 0.29) is 11.4 Å². The summed E-state index contributed by atoms with van der Waals surface area (Å²) >= 11 is 0. The number of nitrogens with one attached hydrogen (secondary N) is 2. The van der Waals surface area contributed by atoms with Crippen LogP contribution in [0.2, 0.25) is 0 Å². The Labute approximate surface area is 181 Å². The molecule has 31 heavy (non-hydrogen) atoms. The summed E-state index contributed by atoms with van der Waals surface area (Å²) in [6.07, 6.45) is -0.622. The molecule has 0 bridgehead atoms. The number of hydrogen-bond acceptors (Lipinski definition) is 5. The first-order valence-corrected chi connectivity index (χ1v) is 11.0. The van der Waals surface area contributed by atoms with Gasteiger partial charge in [0.2, 0.25) is 15.9 Å². The Kier molecular flexibility index (Phi) is 7.53. The Morgan fingerprint density at radius 1 is 0.742 bits per heavy atom. The topological polar surface area (TPSA) is 102 Å². The van der Waals surface area contributed by atoms with Gasteiger partial charge >= 0.3 is 5.97 Å². The number of sulfonamides is 1. The maximum absolute atomic E-state index is 12.4. The number of rotatable bonds is 9. The molecule has 8 heteroatoms. The van der Waals surface area contributed by atoms with Crippen LogP contribution in [0.3, 0.4) is 0 Å². The van der Waals surface area contributed by atoms with Gasteiger partial charge in [0.25, 0.3) is 0 Å². The first kappa shape index (κ1) is 22.2. The molecule has 0 aromatic heterocycles. The highest BCUT2D eigenvalue weighted by molar-refractivity contribution is 7.89. The lowest BCUT2D eigenvalue weighted by Crippen LogP contribution is -2.39. The quantitative estimate of drug-likeness (QED) is 0.500. The SMILES string of the molecule is O=C(CNS(=O)(=O)c1ccccc1)NCC(=O)OC(c1ccccc1)c1ccccc1. The van der Waals surface area contributed by atoms with E-state index < -0.39 is 34.5 Å². The molecular formula is C23H22N2O5S. The third kappa shape index (κ3) is 6.50. The molecule has 2 N–H and O–H groups in total. The van der Waals surface area contributed by atoms with Crippen LogP contribution in [0.1, 0.15) is 17.2 Å². The van der Waals surface area contributed by atoms with Gasteiger partial charge in [-0.15, -0.1) is 0 Å². The van der Waals surface area contributed by atoms with Crippen LogP contribution in [0, 0.1) is 0 Å². The average Bonchev–Trinajstić information content (AvgIpc) is 2.81. The molecule has 3 aromatic rings. The van der Waals surface area contributed by atoms with Gasteiger partial charge < -0.3 is 10.1 Å². The Bertz CT molecular complexity index is 1060. The second-order valence-corrected chi connectivity index (χ2v) is 8.37. The third-order valence-electron chi connectivity index (χ3n) is 4.36. The fraction of sp³-hybridized carbons (Fsp3) is 0.130. The maximum Gasteiger partial charge on any atom is 0.326 e. The number of amides is 1. The summed E-state index contributed by atoms with van der Waals surface area (Å²) in [5, 5.41) is 2.37. The van der Waals surface area contributed by atoms with Crippen LogP contribution >= 0.6 is 0 Å². The minimum Gasteiger partial charge on any atom is -0.451 e. The molecule has 0 unspecified atom stereocenters. The Morgan fingerprint density at radius 2 is 1.23 bits per heavy atom. The Hall–Kier alpha value is -3.49. The molecule has 3 rings (SSSR count). The molecule has 0 aliphatic heterocycles. The molecule has 0 aliphatic rings. The van der Waals surface area contributed by atoms with E-state index in [1.165, 1.54) is 12.1 Å². The Balaban J connectivity index is 1.55. The number of hydrogen-bond donors (Lipinski definition) is 2. The molecular weight excluding hydrogens is 416 g/mol. The average molecular weight is 439 g/mol. The van der Waals surface area contributed by atoms with Crippen LogP contribution in [0.5, 0.6) is 0 Å². The summed E-state index contributed by atoms with van der Waals surface area (Å²) in [6, 6.07) is 26.2. The minimum absolute atomic E-state index is 0.0516. The van der Waals surface area contributed by atoms with E-state index in [1.54, 1.807) is 18.2 Å². The monoisotopic (exact) mass is 438 g/mol. The van der Waals surface area contributed by atoms with E-state index in [4.69, 9.17) is 4.74 Å². The molecule has 160 valence electrons. The van der Waals surface area contributed by atoms with Gasteiger partial charge in [-0.25, -0.2) is 13.1 Å². The second kappa shape index (κ2) is 10.5. The molecule has 0 saturated heterocycles. The van der Waals surface area contributed by atoms with Gasteiger partial charge in [-0.2, -0.15) is 0 Å². The lowest BCUT2D eigenvalue weighted by Gasteiger charge is -2.19. The maximum atomic E-state index is 12.4. The van der Waals surface area contributed by atoms with Crippen molar-refractivity contribution in [3.8, 4) is 0 Å². The summed E-state index contributed by atoms with van der Waals surface area (Å²) in [4.78, 5) is 24.4. The third-order valence-corrected chi connectivity index (χ3v) is 5.78. The van der Waals surface area contributed by atoms with Gasteiger partial charge in [0, 0.05) is 0 Å². The van der Waals surface area contributed by atoms with Crippen molar-refractivity contribution < 1.29 is 22.7 Å². The van der Waals surface area contributed by atoms with Crippen LogP contribution in [0.25, 0.3) is 0 Å². The van der Waals surface area contributed by atoms with Crippen molar-refractivity contribution in [3.05, 3.63) is 102 Å². The van der Waals surface area contributed by atoms with E-state index in [0.717, 1.165) is 11.1 Å². The van der Waals surface area contributed by atoms with Crippen molar-refractivity contribution in [1.29, 1.82) is 0 Å². The molecule has 0 atom stereocenters.